The molecule has 1 atom stereocenters. The highest BCUT2D eigenvalue weighted by molar-refractivity contribution is 9.10. The van der Waals surface area contributed by atoms with Crippen molar-refractivity contribution in [3.63, 3.8) is 0 Å². The molecule has 4 aromatic rings. The Hall–Kier alpha value is -3.95. The lowest BCUT2D eigenvalue weighted by Crippen LogP contribution is -2.54. The molecular weight excluding hydrogens is 638 g/mol. The van der Waals surface area contributed by atoms with Crippen molar-refractivity contribution >= 4 is 43.5 Å². The third-order valence-electron chi connectivity index (χ3n) is 7.12. The zero-order chi connectivity index (χ0) is 31.9. The minimum absolute atomic E-state index is 0.0690. The first-order valence-electron chi connectivity index (χ1n) is 14.5. The minimum atomic E-state index is -4.16. The summed E-state index contributed by atoms with van der Waals surface area (Å²) in [5, 5.41) is 2.98. The average Bonchev–Trinajstić information content (AvgIpc) is 2.98. The summed E-state index contributed by atoms with van der Waals surface area (Å²) in [4.78, 5) is 29.8. The maximum Gasteiger partial charge on any atom is 0.264 e. The van der Waals surface area contributed by atoms with Crippen LogP contribution in [0, 0.1) is 13.8 Å². The molecule has 0 radical (unpaired) electrons. The molecule has 4 aromatic carbocycles. The molecule has 0 bridgehead atoms. The predicted octanol–water partition coefficient (Wildman–Crippen LogP) is 6.43. The summed E-state index contributed by atoms with van der Waals surface area (Å²) in [6.07, 6.45) is 0.262. The number of benzene rings is 4. The van der Waals surface area contributed by atoms with Crippen molar-refractivity contribution in [2.75, 3.05) is 10.8 Å². The Morgan fingerprint density at radius 3 is 2.09 bits per heavy atom. The van der Waals surface area contributed by atoms with Crippen LogP contribution in [-0.2, 0) is 32.6 Å². The Labute approximate surface area is 269 Å². The van der Waals surface area contributed by atoms with Crippen molar-refractivity contribution < 1.29 is 18.0 Å². The van der Waals surface area contributed by atoms with Crippen molar-refractivity contribution in [2.24, 2.45) is 0 Å². The van der Waals surface area contributed by atoms with Gasteiger partial charge >= 0.3 is 0 Å². The molecule has 9 heteroatoms. The first-order chi connectivity index (χ1) is 20.9. The summed E-state index contributed by atoms with van der Waals surface area (Å²) >= 11 is 3.44. The number of hydrogen-bond donors (Lipinski definition) is 1. The normalized spacial score (nSPS) is 12.0. The van der Waals surface area contributed by atoms with E-state index in [4.69, 9.17) is 0 Å². The Kier molecular flexibility index (Phi) is 11.0. The zero-order valence-corrected chi connectivity index (χ0v) is 27.8. The SMILES string of the molecule is Cc1ccc(S(=O)(=O)N(CC(=O)N(Cc2cccc(C)c2)[C@H](Cc2ccccc2)C(=O)NC(C)C)c2cccc(Br)c2)cc1. The summed E-state index contributed by atoms with van der Waals surface area (Å²) in [6.45, 7) is 7.20. The minimum Gasteiger partial charge on any atom is -0.352 e. The van der Waals surface area contributed by atoms with E-state index in [1.807, 2.05) is 82.3 Å². The summed E-state index contributed by atoms with van der Waals surface area (Å²) in [7, 11) is -4.16. The van der Waals surface area contributed by atoms with Gasteiger partial charge in [-0.05, 0) is 69.2 Å². The fourth-order valence-electron chi connectivity index (χ4n) is 4.94. The van der Waals surface area contributed by atoms with E-state index in [0.29, 0.717) is 10.2 Å². The van der Waals surface area contributed by atoms with Gasteiger partial charge in [-0.15, -0.1) is 0 Å². The Balaban J connectivity index is 1.81. The van der Waals surface area contributed by atoms with Gasteiger partial charge in [0.15, 0.2) is 0 Å². The molecule has 230 valence electrons. The second-order valence-corrected chi connectivity index (χ2v) is 14.0. The molecule has 0 saturated carbocycles. The molecule has 0 aliphatic rings. The van der Waals surface area contributed by atoms with Crippen LogP contribution in [-0.4, -0.2) is 43.8 Å². The van der Waals surface area contributed by atoms with Crippen molar-refractivity contribution in [3.8, 4) is 0 Å². The van der Waals surface area contributed by atoms with E-state index in [2.05, 4.69) is 21.2 Å². The molecule has 0 aromatic heterocycles. The lowest BCUT2D eigenvalue weighted by atomic mass is 10.0. The van der Waals surface area contributed by atoms with Crippen LogP contribution in [0.3, 0.4) is 0 Å². The van der Waals surface area contributed by atoms with Crippen LogP contribution >= 0.6 is 15.9 Å². The molecule has 44 heavy (non-hydrogen) atoms. The topological polar surface area (TPSA) is 86.8 Å². The van der Waals surface area contributed by atoms with Crippen molar-refractivity contribution in [2.45, 2.75) is 57.6 Å². The van der Waals surface area contributed by atoms with Gasteiger partial charge in [-0.3, -0.25) is 13.9 Å². The van der Waals surface area contributed by atoms with Gasteiger partial charge in [0.2, 0.25) is 11.8 Å². The highest BCUT2D eigenvalue weighted by Gasteiger charge is 2.35. The van der Waals surface area contributed by atoms with Crippen molar-refractivity contribution in [1.82, 2.24) is 10.2 Å². The number of sulfonamides is 1. The Morgan fingerprint density at radius 2 is 1.45 bits per heavy atom. The van der Waals surface area contributed by atoms with Crippen LogP contribution in [0.15, 0.2) is 112 Å². The molecular formula is C35H38BrN3O4S. The molecule has 0 unspecified atom stereocenters. The van der Waals surface area contributed by atoms with Gasteiger partial charge in [0.25, 0.3) is 10.0 Å². The molecule has 0 fully saturated rings. The molecule has 2 amide bonds. The van der Waals surface area contributed by atoms with Crippen LogP contribution < -0.4 is 9.62 Å². The molecule has 1 N–H and O–H groups in total. The molecule has 0 spiro atoms. The first-order valence-corrected chi connectivity index (χ1v) is 16.7. The molecule has 0 saturated heterocycles. The predicted molar refractivity (Wildman–Crippen MR) is 179 cm³/mol. The number of nitrogens with one attached hydrogen (secondary N) is 1. The lowest BCUT2D eigenvalue weighted by molar-refractivity contribution is -0.140. The van der Waals surface area contributed by atoms with Gasteiger partial charge in [0.05, 0.1) is 10.6 Å². The van der Waals surface area contributed by atoms with Crippen LogP contribution in [0.2, 0.25) is 0 Å². The molecule has 0 heterocycles. The number of halogens is 1. The number of rotatable bonds is 12. The molecule has 4 rings (SSSR count). The third kappa shape index (κ3) is 8.57. The van der Waals surface area contributed by atoms with Gasteiger partial charge in [-0.1, -0.05) is 99.9 Å². The summed E-state index contributed by atoms with van der Waals surface area (Å²) in [6, 6.07) is 29.6. The van der Waals surface area contributed by atoms with E-state index in [1.165, 1.54) is 4.90 Å². The van der Waals surface area contributed by atoms with E-state index in [0.717, 1.165) is 26.6 Å². The smallest absolute Gasteiger partial charge is 0.264 e. The van der Waals surface area contributed by atoms with Crippen LogP contribution in [0.4, 0.5) is 5.69 Å². The third-order valence-corrected chi connectivity index (χ3v) is 9.40. The van der Waals surface area contributed by atoms with E-state index in [-0.39, 0.29) is 29.8 Å². The van der Waals surface area contributed by atoms with Gasteiger partial charge in [-0.2, -0.15) is 0 Å². The number of nitrogens with zero attached hydrogens (tertiary/aromatic N) is 2. The van der Waals surface area contributed by atoms with Gasteiger partial charge in [0, 0.05) is 23.5 Å². The van der Waals surface area contributed by atoms with Gasteiger partial charge in [0.1, 0.15) is 12.6 Å². The number of aryl methyl sites for hydroxylation is 2. The van der Waals surface area contributed by atoms with Crippen LogP contribution in [0.25, 0.3) is 0 Å². The summed E-state index contributed by atoms with van der Waals surface area (Å²) < 4.78 is 30.0. The van der Waals surface area contributed by atoms with Gasteiger partial charge < -0.3 is 10.2 Å². The largest absolute Gasteiger partial charge is 0.352 e. The molecule has 0 aliphatic heterocycles. The number of anilines is 1. The van der Waals surface area contributed by atoms with Crippen LogP contribution in [0.1, 0.15) is 36.1 Å². The van der Waals surface area contributed by atoms with Crippen LogP contribution in [0.5, 0.6) is 0 Å². The maximum atomic E-state index is 14.5. The van der Waals surface area contributed by atoms with E-state index >= 15 is 0 Å². The van der Waals surface area contributed by atoms with E-state index < -0.39 is 28.5 Å². The maximum absolute atomic E-state index is 14.5. The first kappa shape index (κ1) is 33.0. The summed E-state index contributed by atoms with van der Waals surface area (Å²) in [5.74, 6) is -0.803. The highest BCUT2D eigenvalue weighted by atomic mass is 79.9. The second kappa shape index (κ2) is 14.7. The highest BCUT2D eigenvalue weighted by Crippen LogP contribution is 2.27. The van der Waals surface area contributed by atoms with E-state index in [9.17, 15) is 18.0 Å². The zero-order valence-electron chi connectivity index (χ0n) is 25.4. The van der Waals surface area contributed by atoms with E-state index in [1.54, 1.807) is 48.5 Å². The number of hydrogen-bond acceptors (Lipinski definition) is 4. The monoisotopic (exact) mass is 675 g/mol. The second-order valence-electron chi connectivity index (χ2n) is 11.2. The summed E-state index contributed by atoms with van der Waals surface area (Å²) in [5.41, 5.74) is 3.98. The van der Waals surface area contributed by atoms with Crippen molar-refractivity contribution in [3.05, 3.63) is 130 Å². The molecule has 0 aliphatic carbocycles. The van der Waals surface area contributed by atoms with Gasteiger partial charge in [-0.25, -0.2) is 8.42 Å². The Bertz CT molecular complexity index is 1690. The fourth-order valence-corrected chi connectivity index (χ4v) is 6.73. The number of amides is 2. The number of carbonyl (C=O) groups excluding carboxylic acids is 2. The Morgan fingerprint density at radius 1 is 0.795 bits per heavy atom. The average molecular weight is 677 g/mol. The van der Waals surface area contributed by atoms with Crippen molar-refractivity contribution in [1.29, 1.82) is 0 Å². The fraction of sp³-hybridized carbons (Fsp3) is 0.257. The standard InChI is InChI=1S/C35H38BrN3O4S/c1-25(2)37-35(41)33(21-28-11-6-5-7-12-28)38(23-29-13-8-10-27(4)20-29)34(40)24-39(31-15-9-14-30(36)22-31)44(42,43)32-18-16-26(3)17-19-32/h5-20,22,25,33H,21,23-24H2,1-4H3,(H,37,41)/t33-/m1/s1. The molecule has 7 nitrogen and oxygen atoms in total. The lowest BCUT2D eigenvalue weighted by Gasteiger charge is -2.34. The number of carbonyl (C=O) groups is 2. The quantitative estimate of drug-likeness (QED) is 0.188.